The molecule has 2 aliphatic rings. The number of hydrogen-bond acceptors (Lipinski definition) is 5. The van der Waals surface area contributed by atoms with Crippen LogP contribution >= 0.6 is 0 Å². The number of likely N-dealkylation sites (tertiary alicyclic amines) is 1. The molecular formula is C16H31N3O3. The van der Waals surface area contributed by atoms with Gasteiger partial charge in [0.15, 0.2) is 0 Å². The third-order valence-corrected chi connectivity index (χ3v) is 4.09. The summed E-state index contributed by atoms with van der Waals surface area (Å²) in [4.78, 5) is 16.5. The number of morpholine rings is 1. The molecule has 2 heterocycles. The lowest BCUT2D eigenvalue weighted by Gasteiger charge is -2.29. The van der Waals surface area contributed by atoms with Gasteiger partial charge >= 0.3 is 6.09 Å². The molecule has 1 amide bonds. The van der Waals surface area contributed by atoms with Gasteiger partial charge in [0, 0.05) is 45.3 Å². The monoisotopic (exact) mass is 313 g/mol. The summed E-state index contributed by atoms with van der Waals surface area (Å²) in [6.07, 6.45) is 1.95. The maximum absolute atomic E-state index is 12.2. The molecule has 2 rings (SSSR count). The predicted octanol–water partition coefficient (Wildman–Crippen LogP) is 1.31. The largest absolute Gasteiger partial charge is 0.444 e. The molecule has 0 aromatic carbocycles. The fourth-order valence-electron chi connectivity index (χ4n) is 2.94. The molecule has 0 aliphatic carbocycles. The van der Waals surface area contributed by atoms with E-state index in [0.717, 1.165) is 65.3 Å². The Balaban J connectivity index is 1.66. The second-order valence-corrected chi connectivity index (χ2v) is 7.13. The van der Waals surface area contributed by atoms with Crippen LogP contribution in [-0.4, -0.2) is 80.0 Å². The molecule has 2 aliphatic heterocycles. The molecule has 0 bridgehead atoms. The molecule has 0 unspecified atom stereocenters. The molecule has 0 aromatic rings. The molecule has 128 valence electrons. The second kappa shape index (κ2) is 8.13. The van der Waals surface area contributed by atoms with E-state index < -0.39 is 5.60 Å². The van der Waals surface area contributed by atoms with Gasteiger partial charge in [0.05, 0.1) is 13.2 Å². The van der Waals surface area contributed by atoms with Crippen molar-refractivity contribution in [1.29, 1.82) is 0 Å². The van der Waals surface area contributed by atoms with Crippen LogP contribution < -0.4 is 5.32 Å². The van der Waals surface area contributed by atoms with E-state index in [0.29, 0.717) is 0 Å². The van der Waals surface area contributed by atoms with E-state index in [1.54, 1.807) is 0 Å². The number of carbonyl (C=O) groups excluding carboxylic acids is 1. The number of hydrogen-bond donors (Lipinski definition) is 1. The Hall–Kier alpha value is -0.850. The standard InChI is InChI=1S/C16H31N3O3/c1-16(2,3)22-15(20)19-7-4-5-14(19)13-17-6-8-18-9-11-21-12-10-18/h14,17H,4-13H2,1-3H3/t14-/m1/s1. The number of carbonyl (C=O) groups is 1. The first kappa shape index (κ1) is 17.5. The van der Waals surface area contributed by atoms with Crippen molar-refractivity contribution in [2.45, 2.75) is 45.3 Å². The molecule has 0 saturated carbocycles. The summed E-state index contributed by atoms with van der Waals surface area (Å²) in [5.74, 6) is 0. The van der Waals surface area contributed by atoms with Crippen LogP contribution in [0.1, 0.15) is 33.6 Å². The molecular weight excluding hydrogens is 282 g/mol. The molecule has 0 aromatic heterocycles. The minimum atomic E-state index is -0.423. The van der Waals surface area contributed by atoms with Crippen molar-refractivity contribution >= 4 is 6.09 Å². The highest BCUT2D eigenvalue weighted by molar-refractivity contribution is 5.69. The van der Waals surface area contributed by atoms with Gasteiger partial charge in [0.25, 0.3) is 0 Å². The second-order valence-electron chi connectivity index (χ2n) is 7.13. The summed E-state index contributed by atoms with van der Waals surface area (Å²) in [6.45, 7) is 13.1. The highest BCUT2D eigenvalue weighted by Gasteiger charge is 2.31. The van der Waals surface area contributed by atoms with Crippen molar-refractivity contribution in [2.24, 2.45) is 0 Å². The topological polar surface area (TPSA) is 54.0 Å². The quantitative estimate of drug-likeness (QED) is 0.776. The first-order valence-corrected chi connectivity index (χ1v) is 8.46. The van der Waals surface area contributed by atoms with Crippen LogP contribution in [0.4, 0.5) is 4.79 Å². The lowest BCUT2D eigenvalue weighted by molar-refractivity contribution is 0.0222. The van der Waals surface area contributed by atoms with Gasteiger partial charge in [-0.25, -0.2) is 4.79 Å². The van der Waals surface area contributed by atoms with Crippen molar-refractivity contribution in [2.75, 3.05) is 52.5 Å². The number of nitrogens with one attached hydrogen (secondary N) is 1. The lowest BCUT2D eigenvalue weighted by Crippen LogP contribution is -2.46. The van der Waals surface area contributed by atoms with E-state index >= 15 is 0 Å². The Morgan fingerprint density at radius 1 is 1.27 bits per heavy atom. The number of nitrogens with zero attached hydrogens (tertiary/aromatic N) is 2. The fraction of sp³-hybridized carbons (Fsp3) is 0.938. The van der Waals surface area contributed by atoms with Crippen LogP contribution in [0.3, 0.4) is 0 Å². The van der Waals surface area contributed by atoms with Gasteiger partial charge in [-0.05, 0) is 33.6 Å². The predicted molar refractivity (Wildman–Crippen MR) is 86.1 cm³/mol. The first-order valence-electron chi connectivity index (χ1n) is 8.46. The molecule has 1 N–H and O–H groups in total. The molecule has 22 heavy (non-hydrogen) atoms. The van der Waals surface area contributed by atoms with Gasteiger partial charge in [0.1, 0.15) is 5.60 Å². The first-order chi connectivity index (χ1) is 10.5. The van der Waals surface area contributed by atoms with Crippen molar-refractivity contribution in [3.63, 3.8) is 0 Å². The molecule has 2 saturated heterocycles. The fourth-order valence-corrected chi connectivity index (χ4v) is 2.94. The summed E-state index contributed by atoms with van der Waals surface area (Å²) >= 11 is 0. The summed E-state index contributed by atoms with van der Waals surface area (Å²) in [7, 11) is 0. The molecule has 0 spiro atoms. The summed E-state index contributed by atoms with van der Waals surface area (Å²) < 4.78 is 10.8. The van der Waals surface area contributed by atoms with Crippen LogP contribution in [0, 0.1) is 0 Å². The van der Waals surface area contributed by atoms with Crippen molar-refractivity contribution in [3.8, 4) is 0 Å². The Kier molecular flexibility index (Phi) is 6.47. The van der Waals surface area contributed by atoms with Gasteiger partial charge in [-0.3, -0.25) is 4.90 Å². The van der Waals surface area contributed by atoms with E-state index in [1.807, 2.05) is 25.7 Å². The molecule has 1 atom stereocenters. The highest BCUT2D eigenvalue weighted by atomic mass is 16.6. The molecule has 6 nitrogen and oxygen atoms in total. The maximum atomic E-state index is 12.2. The molecule has 0 radical (unpaired) electrons. The van der Waals surface area contributed by atoms with Crippen LogP contribution in [0.15, 0.2) is 0 Å². The van der Waals surface area contributed by atoms with Gasteiger partial charge in [0.2, 0.25) is 0 Å². The highest BCUT2D eigenvalue weighted by Crippen LogP contribution is 2.20. The SMILES string of the molecule is CC(C)(C)OC(=O)N1CCC[C@@H]1CNCCN1CCOCC1. The summed E-state index contributed by atoms with van der Waals surface area (Å²) in [5.41, 5.74) is -0.423. The zero-order valence-electron chi connectivity index (χ0n) is 14.3. The van der Waals surface area contributed by atoms with E-state index in [1.165, 1.54) is 0 Å². The average Bonchev–Trinajstić information content (AvgIpc) is 2.91. The van der Waals surface area contributed by atoms with E-state index in [9.17, 15) is 4.79 Å². The van der Waals surface area contributed by atoms with Gasteiger partial charge in [-0.1, -0.05) is 0 Å². The smallest absolute Gasteiger partial charge is 0.410 e. The van der Waals surface area contributed by atoms with Crippen LogP contribution in [-0.2, 0) is 9.47 Å². The van der Waals surface area contributed by atoms with Crippen LogP contribution in [0.5, 0.6) is 0 Å². The Morgan fingerprint density at radius 3 is 2.68 bits per heavy atom. The van der Waals surface area contributed by atoms with E-state index in [2.05, 4.69) is 10.2 Å². The third-order valence-electron chi connectivity index (χ3n) is 4.09. The van der Waals surface area contributed by atoms with Gasteiger partial charge in [-0.2, -0.15) is 0 Å². The molecule has 6 heteroatoms. The number of rotatable bonds is 5. The maximum Gasteiger partial charge on any atom is 0.410 e. The van der Waals surface area contributed by atoms with Gasteiger partial charge < -0.3 is 19.7 Å². The van der Waals surface area contributed by atoms with Crippen LogP contribution in [0.2, 0.25) is 0 Å². The minimum Gasteiger partial charge on any atom is -0.444 e. The molecule has 2 fully saturated rings. The summed E-state index contributed by atoms with van der Waals surface area (Å²) in [5, 5.41) is 3.49. The van der Waals surface area contributed by atoms with Crippen molar-refractivity contribution in [1.82, 2.24) is 15.1 Å². The van der Waals surface area contributed by atoms with E-state index in [4.69, 9.17) is 9.47 Å². The lowest BCUT2D eigenvalue weighted by atomic mass is 10.2. The summed E-state index contributed by atoms with van der Waals surface area (Å²) in [6, 6.07) is 0.263. The van der Waals surface area contributed by atoms with Crippen molar-refractivity contribution < 1.29 is 14.3 Å². The van der Waals surface area contributed by atoms with Crippen LogP contribution in [0.25, 0.3) is 0 Å². The normalized spacial score (nSPS) is 23.8. The Labute approximate surface area is 134 Å². The average molecular weight is 313 g/mol. The number of ether oxygens (including phenoxy) is 2. The Bertz CT molecular complexity index is 351. The van der Waals surface area contributed by atoms with Crippen molar-refractivity contribution in [3.05, 3.63) is 0 Å². The zero-order chi connectivity index (χ0) is 16.0. The zero-order valence-corrected chi connectivity index (χ0v) is 14.3. The third kappa shape index (κ3) is 5.74. The minimum absolute atomic E-state index is 0.176. The Morgan fingerprint density at radius 2 is 2.00 bits per heavy atom. The number of amides is 1. The van der Waals surface area contributed by atoms with E-state index in [-0.39, 0.29) is 12.1 Å². The van der Waals surface area contributed by atoms with Gasteiger partial charge in [-0.15, -0.1) is 0 Å².